The maximum atomic E-state index is 4.61. The second-order valence-corrected chi connectivity index (χ2v) is 5.61. The molecular weight excluding hydrogens is 238 g/mol. The van der Waals surface area contributed by atoms with Crippen molar-refractivity contribution in [1.82, 2.24) is 20.5 Å². The van der Waals surface area contributed by atoms with Crippen LogP contribution in [0.1, 0.15) is 13.3 Å². The van der Waals surface area contributed by atoms with E-state index in [1.807, 2.05) is 31.3 Å². The van der Waals surface area contributed by atoms with Gasteiger partial charge in [0.05, 0.1) is 5.52 Å². The summed E-state index contributed by atoms with van der Waals surface area (Å²) in [6, 6.07) is 7.86. The van der Waals surface area contributed by atoms with E-state index in [1.54, 1.807) is 0 Å². The zero-order chi connectivity index (χ0) is 13.3. The van der Waals surface area contributed by atoms with E-state index in [-0.39, 0.29) is 0 Å². The molecule has 1 N–H and O–H groups in total. The summed E-state index contributed by atoms with van der Waals surface area (Å²) in [6.07, 6.45) is 1.16. The van der Waals surface area contributed by atoms with Crippen LogP contribution in [0.3, 0.4) is 0 Å². The summed E-state index contributed by atoms with van der Waals surface area (Å²) in [5, 5.41) is 11.8. The van der Waals surface area contributed by atoms with Gasteiger partial charge in [-0.3, -0.25) is 0 Å². The van der Waals surface area contributed by atoms with Crippen LogP contribution in [0, 0.1) is 5.41 Å². The molecule has 3 rings (SSSR count). The molecular formula is C14H19N5. The van der Waals surface area contributed by atoms with Crippen molar-refractivity contribution in [3.8, 4) is 0 Å². The minimum Gasteiger partial charge on any atom is -0.339 e. The molecule has 0 saturated carbocycles. The molecule has 0 aliphatic carbocycles. The highest BCUT2D eigenvalue weighted by Gasteiger charge is 2.34. The van der Waals surface area contributed by atoms with Gasteiger partial charge in [-0.1, -0.05) is 19.1 Å². The van der Waals surface area contributed by atoms with E-state index in [2.05, 4.69) is 32.3 Å². The van der Waals surface area contributed by atoms with Crippen LogP contribution in [-0.4, -0.2) is 41.9 Å². The van der Waals surface area contributed by atoms with Crippen molar-refractivity contribution in [3.63, 3.8) is 0 Å². The number of rotatable bonds is 3. The smallest absolute Gasteiger partial charge is 0.245 e. The lowest BCUT2D eigenvalue weighted by molar-refractivity contribution is 0.355. The van der Waals surface area contributed by atoms with Gasteiger partial charge < -0.3 is 10.2 Å². The Morgan fingerprint density at radius 1 is 1.26 bits per heavy atom. The summed E-state index contributed by atoms with van der Waals surface area (Å²) in [7, 11) is 2.00. The minimum absolute atomic E-state index is 0.295. The van der Waals surface area contributed by atoms with Crippen LogP contribution < -0.4 is 10.2 Å². The van der Waals surface area contributed by atoms with E-state index in [0.29, 0.717) is 5.41 Å². The van der Waals surface area contributed by atoms with Gasteiger partial charge in [-0.15, -0.1) is 10.2 Å². The lowest BCUT2D eigenvalue weighted by Gasteiger charge is -2.23. The first-order valence-corrected chi connectivity index (χ1v) is 6.69. The summed E-state index contributed by atoms with van der Waals surface area (Å²) in [4.78, 5) is 6.85. The number of para-hydroxylation sites is 1. The summed E-state index contributed by atoms with van der Waals surface area (Å²) >= 11 is 0. The number of anilines is 1. The number of aromatic nitrogens is 3. The number of hydrogen-bond acceptors (Lipinski definition) is 5. The van der Waals surface area contributed by atoms with E-state index < -0.39 is 0 Å². The van der Waals surface area contributed by atoms with Gasteiger partial charge in [-0.25, -0.2) is 4.98 Å². The number of nitrogens with one attached hydrogen (secondary N) is 1. The van der Waals surface area contributed by atoms with Crippen molar-refractivity contribution in [2.75, 3.05) is 31.6 Å². The molecule has 5 nitrogen and oxygen atoms in total. The second-order valence-electron chi connectivity index (χ2n) is 5.61. The summed E-state index contributed by atoms with van der Waals surface area (Å²) < 4.78 is 0. The largest absolute Gasteiger partial charge is 0.339 e. The van der Waals surface area contributed by atoms with Crippen LogP contribution in [0.5, 0.6) is 0 Å². The molecule has 5 heteroatoms. The molecule has 0 bridgehead atoms. The summed E-state index contributed by atoms with van der Waals surface area (Å²) in [5.41, 5.74) is 2.06. The number of hydrogen-bond donors (Lipinski definition) is 1. The highest BCUT2D eigenvalue weighted by Crippen LogP contribution is 2.31. The summed E-state index contributed by atoms with van der Waals surface area (Å²) in [5.74, 6) is 0.749. The van der Waals surface area contributed by atoms with Gasteiger partial charge in [0.25, 0.3) is 0 Å². The number of benzene rings is 1. The molecule has 19 heavy (non-hydrogen) atoms. The van der Waals surface area contributed by atoms with Gasteiger partial charge in [0, 0.05) is 19.6 Å². The van der Waals surface area contributed by atoms with E-state index in [1.165, 1.54) is 0 Å². The Kier molecular flexibility index (Phi) is 3.06. The molecule has 1 aliphatic rings. The monoisotopic (exact) mass is 257 g/mol. The fraction of sp³-hybridized carbons (Fsp3) is 0.500. The van der Waals surface area contributed by atoms with Gasteiger partial charge in [0.15, 0.2) is 0 Å². The molecule has 0 radical (unpaired) electrons. The molecule has 1 saturated heterocycles. The van der Waals surface area contributed by atoms with Crippen molar-refractivity contribution in [2.24, 2.45) is 5.41 Å². The molecule has 0 amide bonds. The van der Waals surface area contributed by atoms with Crippen LogP contribution in [0.2, 0.25) is 0 Å². The Balaban J connectivity index is 1.85. The quantitative estimate of drug-likeness (QED) is 0.902. The number of nitrogens with zero attached hydrogens (tertiary/aromatic N) is 4. The Morgan fingerprint density at radius 2 is 2.05 bits per heavy atom. The first-order chi connectivity index (χ1) is 9.20. The van der Waals surface area contributed by atoms with E-state index >= 15 is 0 Å². The molecule has 2 heterocycles. The SMILES string of the molecule is CNCC1(C)CCN(c2nnc3ccccc3n2)C1. The van der Waals surface area contributed by atoms with E-state index in [9.17, 15) is 0 Å². The highest BCUT2D eigenvalue weighted by atomic mass is 15.3. The standard InChI is InChI=1S/C14H19N5/c1-14(9-15-2)7-8-19(10-14)13-16-11-5-3-4-6-12(11)17-18-13/h3-6,15H,7-10H2,1-2H3. The molecule has 0 spiro atoms. The topological polar surface area (TPSA) is 53.9 Å². The minimum atomic E-state index is 0.295. The molecule has 1 aliphatic heterocycles. The number of fused-ring (bicyclic) bond motifs is 1. The Hall–Kier alpha value is -1.75. The first kappa shape index (κ1) is 12.3. The zero-order valence-corrected chi connectivity index (χ0v) is 11.4. The third kappa shape index (κ3) is 2.38. The molecule has 1 unspecified atom stereocenters. The maximum absolute atomic E-state index is 4.61. The Labute approximate surface area is 113 Å². The molecule has 1 aromatic heterocycles. The summed E-state index contributed by atoms with van der Waals surface area (Å²) in [6.45, 7) is 5.30. The molecule has 1 fully saturated rings. The predicted octanol–water partition coefficient (Wildman–Crippen LogP) is 1.46. The van der Waals surface area contributed by atoms with Gasteiger partial charge >= 0.3 is 0 Å². The van der Waals surface area contributed by atoms with Gasteiger partial charge in [0.2, 0.25) is 5.95 Å². The van der Waals surface area contributed by atoms with Crippen LogP contribution in [0.4, 0.5) is 5.95 Å². The Morgan fingerprint density at radius 3 is 2.84 bits per heavy atom. The Bertz CT molecular complexity index is 585. The molecule has 100 valence electrons. The van der Waals surface area contributed by atoms with Crippen molar-refractivity contribution in [1.29, 1.82) is 0 Å². The fourth-order valence-corrected chi connectivity index (χ4v) is 2.77. The van der Waals surface area contributed by atoms with Crippen molar-refractivity contribution in [3.05, 3.63) is 24.3 Å². The van der Waals surface area contributed by atoms with Gasteiger partial charge in [-0.05, 0) is 31.0 Å². The average molecular weight is 257 g/mol. The van der Waals surface area contributed by atoms with Gasteiger partial charge in [0.1, 0.15) is 5.52 Å². The van der Waals surface area contributed by atoms with Crippen LogP contribution in [0.25, 0.3) is 11.0 Å². The third-order valence-corrected chi connectivity index (χ3v) is 3.79. The van der Waals surface area contributed by atoms with Crippen LogP contribution in [-0.2, 0) is 0 Å². The lowest BCUT2D eigenvalue weighted by Crippen LogP contribution is -2.33. The lowest BCUT2D eigenvalue weighted by atomic mass is 9.90. The highest BCUT2D eigenvalue weighted by molar-refractivity contribution is 5.74. The van der Waals surface area contributed by atoms with Crippen molar-refractivity contribution in [2.45, 2.75) is 13.3 Å². The zero-order valence-electron chi connectivity index (χ0n) is 11.4. The molecule has 1 aromatic carbocycles. The second kappa shape index (κ2) is 4.74. The van der Waals surface area contributed by atoms with E-state index in [4.69, 9.17) is 0 Å². The average Bonchev–Trinajstić information content (AvgIpc) is 2.81. The maximum Gasteiger partial charge on any atom is 0.245 e. The van der Waals surface area contributed by atoms with Gasteiger partial charge in [-0.2, -0.15) is 0 Å². The first-order valence-electron chi connectivity index (χ1n) is 6.69. The van der Waals surface area contributed by atoms with Crippen LogP contribution in [0.15, 0.2) is 24.3 Å². The van der Waals surface area contributed by atoms with Crippen molar-refractivity contribution < 1.29 is 0 Å². The molecule has 1 atom stereocenters. The third-order valence-electron chi connectivity index (χ3n) is 3.79. The fourth-order valence-electron chi connectivity index (χ4n) is 2.77. The predicted molar refractivity (Wildman–Crippen MR) is 76.2 cm³/mol. The van der Waals surface area contributed by atoms with Crippen LogP contribution >= 0.6 is 0 Å². The normalized spacial score (nSPS) is 23.2. The molecule has 2 aromatic rings. The van der Waals surface area contributed by atoms with Crippen molar-refractivity contribution >= 4 is 17.0 Å². The van der Waals surface area contributed by atoms with E-state index in [0.717, 1.165) is 43.0 Å².